The molecule has 1 aliphatic rings. The molecule has 2 heterocycles. The molecule has 0 spiro atoms. The number of thiazole rings is 1. The fourth-order valence-corrected chi connectivity index (χ4v) is 4.50. The normalized spacial score (nSPS) is 14.6. The molecule has 2 aromatic rings. The summed E-state index contributed by atoms with van der Waals surface area (Å²) >= 11 is 7.09. The van der Waals surface area contributed by atoms with Crippen LogP contribution in [-0.2, 0) is 19.5 Å². The number of halogens is 1. The topological polar surface area (TPSA) is 28.2 Å². The van der Waals surface area contributed by atoms with E-state index in [0.717, 1.165) is 30.7 Å². The van der Waals surface area contributed by atoms with E-state index in [1.165, 1.54) is 32.8 Å². The maximum absolute atomic E-state index is 4.83. The van der Waals surface area contributed by atoms with Crippen molar-refractivity contribution in [3.05, 3.63) is 31.4 Å². The Balaban J connectivity index is 1.68. The highest BCUT2D eigenvalue weighted by Crippen LogP contribution is 2.29. The van der Waals surface area contributed by atoms with Crippen molar-refractivity contribution in [2.24, 2.45) is 0 Å². The van der Waals surface area contributed by atoms with E-state index in [9.17, 15) is 0 Å². The minimum atomic E-state index is 0.751. The van der Waals surface area contributed by atoms with E-state index in [-0.39, 0.29) is 0 Å². The summed E-state index contributed by atoms with van der Waals surface area (Å²) < 4.78 is 1.19. The van der Waals surface area contributed by atoms with E-state index in [2.05, 4.69) is 51.6 Å². The fourth-order valence-electron chi connectivity index (χ4n) is 2.24. The number of aromatic nitrogens is 1. The van der Waals surface area contributed by atoms with Crippen LogP contribution in [0.25, 0.3) is 0 Å². The molecule has 21 heavy (non-hydrogen) atoms. The average Bonchev–Trinajstić information content (AvgIpc) is 3.06. The minimum absolute atomic E-state index is 0.751. The lowest BCUT2D eigenvalue weighted by Crippen LogP contribution is -2.15. The van der Waals surface area contributed by atoms with Crippen molar-refractivity contribution < 1.29 is 0 Å². The smallest absolute Gasteiger partial charge is 0.185 e. The minimum Gasteiger partial charge on any atom is -0.347 e. The molecule has 0 aromatic carbocycles. The second kappa shape index (κ2) is 6.77. The van der Waals surface area contributed by atoms with Crippen molar-refractivity contribution in [1.82, 2.24) is 10.3 Å². The Bertz CT molecular complexity index is 604. The quantitative estimate of drug-likeness (QED) is 0.764. The fraction of sp³-hybridized carbons (Fsp3) is 0.533. The Hall–Kier alpha value is -0.430. The summed E-state index contributed by atoms with van der Waals surface area (Å²) in [5, 5.41) is 6.93. The van der Waals surface area contributed by atoms with Crippen molar-refractivity contribution in [2.45, 2.75) is 45.3 Å². The molecule has 0 unspecified atom stereocenters. The van der Waals surface area contributed by atoms with E-state index in [0.29, 0.717) is 0 Å². The third kappa shape index (κ3) is 4.06. The van der Waals surface area contributed by atoms with Crippen LogP contribution in [0.4, 0.5) is 5.13 Å². The van der Waals surface area contributed by atoms with E-state index < -0.39 is 0 Å². The van der Waals surface area contributed by atoms with Gasteiger partial charge < -0.3 is 10.2 Å². The summed E-state index contributed by atoms with van der Waals surface area (Å²) in [7, 11) is 2.13. The predicted molar refractivity (Wildman–Crippen MR) is 95.5 cm³/mol. The summed E-state index contributed by atoms with van der Waals surface area (Å²) in [6, 6.07) is 2.94. The van der Waals surface area contributed by atoms with Crippen LogP contribution < -0.4 is 10.2 Å². The number of nitrogens with zero attached hydrogens (tertiary/aromatic N) is 2. The van der Waals surface area contributed by atoms with Crippen LogP contribution in [0.5, 0.6) is 0 Å². The van der Waals surface area contributed by atoms with Crippen LogP contribution in [0.3, 0.4) is 0 Å². The third-order valence-electron chi connectivity index (χ3n) is 3.60. The van der Waals surface area contributed by atoms with E-state index in [1.807, 2.05) is 11.3 Å². The lowest BCUT2D eigenvalue weighted by atomic mass is 10.3. The number of rotatable bonds is 7. The Labute approximate surface area is 142 Å². The molecule has 0 atom stereocenters. The maximum atomic E-state index is 4.83. The van der Waals surface area contributed by atoms with E-state index >= 15 is 0 Å². The first-order valence-corrected chi connectivity index (χ1v) is 9.80. The van der Waals surface area contributed by atoms with Gasteiger partial charge in [-0.1, -0.05) is 6.92 Å². The van der Waals surface area contributed by atoms with Crippen molar-refractivity contribution >= 4 is 43.7 Å². The second-order valence-corrected chi connectivity index (χ2v) is 8.84. The number of aryl methyl sites for hydroxylation is 1. The van der Waals surface area contributed by atoms with E-state index in [4.69, 9.17) is 4.98 Å². The van der Waals surface area contributed by atoms with Crippen LogP contribution in [0.1, 0.15) is 35.9 Å². The van der Waals surface area contributed by atoms with Crippen molar-refractivity contribution in [2.75, 3.05) is 11.9 Å². The van der Waals surface area contributed by atoms with Crippen molar-refractivity contribution in [3.8, 4) is 0 Å². The van der Waals surface area contributed by atoms with Crippen molar-refractivity contribution in [1.29, 1.82) is 0 Å². The zero-order valence-corrected chi connectivity index (χ0v) is 15.6. The molecule has 1 fully saturated rings. The molecular formula is C15H20BrN3S2. The Kier molecular flexibility index (Phi) is 4.99. The van der Waals surface area contributed by atoms with Gasteiger partial charge in [0.05, 0.1) is 9.48 Å². The molecule has 0 amide bonds. The van der Waals surface area contributed by atoms with Gasteiger partial charge in [0, 0.05) is 31.1 Å². The van der Waals surface area contributed by atoms with Gasteiger partial charge in [0.1, 0.15) is 0 Å². The zero-order chi connectivity index (χ0) is 14.8. The number of thiophene rings is 1. The third-order valence-corrected chi connectivity index (χ3v) is 6.36. The predicted octanol–water partition coefficient (Wildman–Crippen LogP) is 4.42. The summed E-state index contributed by atoms with van der Waals surface area (Å²) in [4.78, 5) is 8.48. The van der Waals surface area contributed by atoms with Gasteiger partial charge in [-0.25, -0.2) is 4.98 Å². The van der Waals surface area contributed by atoms with Gasteiger partial charge in [-0.15, -0.1) is 22.7 Å². The van der Waals surface area contributed by atoms with Gasteiger partial charge in [0.15, 0.2) is 5.13 Å². The van der Waals surface area contributed by atoms with Crippen LogP contribution in [0, 0.1) is 0 Å². The lowest BCUT2D eigenvalue weighted by molar-refractivity contribution is 0.689. The molecule has 2 aromatic heterocycles. The molecule has 1 saturated carbocycles. The largest absolute Gasteiger partial charge is 0.347 e. The Morgan fingerprint density at radius 3 is 2.90 bits per heavy atom. The molecular weight excluding hydrogens is 366 g/mol. The monoisotopic (exact) mass is 385 g/mol. The molecule has 0 bridgehead atoms. The molecule has 0 aliphatic heterocycles. The summed E-state index contributed by atoms with van der Waals surface area (Å²) in [5.74, 6) is 0. The van der Waals surface area contributed by atoms with Gasteiger partial charge >= 0.3 is 0 Å². The molecule has 6 heteroatoms. The number of hydrogen-bond donors (Lipinski definition) is 1. The molecule has 1 N–H and O–H groups in total. The summed E-state index contributed by atoms with van der Waals surface area (Å²) in [6.07, 6.45) is 3.68. The zero-order valence-electron chi connectivity index (χ0n) is 12.4. The van der Waals surface area contributed by atoms with Crippen LogP contribution in [0.15, 0.2) is 15.2 Å². The SMILES string of the molecule is CCc1nc(N(C)Cc2csc(Br)c2)sc1CNC1CC1. The van der Waals surface area contributed by atoms with Gasteiger partial charge in [-0.2, -0.15) is 0 Å². The number of anilines is 1. The van der Waals surface area contributed by atoms with Crippen molar-refractivity contribution in [3.63, 3.8) is 0 Å². The van der Waals surface area contributed by atoms with Gasteiger partial charge in [0.25, 0.3) is 0 Å². The Morgan fingerprint density at radius 1 is 1.48 bits per heavy atom. The van der Waals surface area contributed by atoms with Gasteiger partial charge in [-0.05, 0) is 52.2 Å². The van der Waals surface area contributed by atoms with Gasteiger partial charge in [0.2, 0.25) is 0 Å². The second-order valence-electron chi connectivity index (χ2n) is 5.49. The highest BCUT2D eigenvalue weighted by Gasteiger charge is 2.21. The van der Waals surface area contributed by atoms with Crippen LogP contribution in [0.2, 0.25) is 0 Å². The van der Waals surface area contributed by atoms with Crippen LogP contribution in [-0.4, -0.2) is 18.1 Å². The van der Waals surface area contributed by atoms with Crippen LogP contribution >= 0.6 is 38.6 Å². The first-order chi connectivity index (χ1) is 10.2. The lowest BCUT2D eigenvalue weighted by Gasteiger charge is -2.14. The van der Waals surface area contributed by atoms with Gasteiger partial charge in [-0.3, -0.25) is 0 Å². The standard InChI is InChI=1S/C15H20BrN3S2/c1-3-12-13(7-17-11-4-5-11)21-15(18-12)19(2)8-10-6-14(16)20-9-10/h6,9,11,17H,3-5,7-8H2,1-2H3. The number of hydrogen-bond acceptors (Lipinski definition) is 5. The molecule has 3 nitrogen and oxygen atoms in total. The molecule has 0 saturated heterocycles. The molecule has 1 aliphatic carbocycles. The average molecular weight is 386 g/mol. The molecule has 114 valence electrons. The summed E-state index contributed by atoms with van der Waals surface area (Å²) in [6.45, 7) is 4.08. The first-order valence-electron chi connectivity index (χ1n) is 7.31. The highest BCUT2D eigenvalue weighted by atomic mass is 79.9. The van der Waals surface area contributed by atoms with E-state index in [1.54, 1.807) is 11.3 Å². The molecule has 3 rings (SSSR count). The maximum Gasteiger partial charge on any atom is 0.185 e. The first kappa shape index (κ1) is 15.5. The summed E-state index contributed by atoms with van der Waals surface area (Å²) in [5.41, 5.74) is 2.58. The molecule has 0 radical (unpaired) electrons. The highest BCUT2D eigenvalue weighted by molar-refractivity contribution is 9.11. The number of nitrogens with one attached hydrogen (secondary N) is 1. The Morgan fingerprint density at radius 2 is 2.29 bits per heavy atom.